The Hall–Kier alpha value is -1.06. The molecule has 1 aromatic rings. The van der Waals surface area contributed by atoms with Gasteiger partial charge in [-0.05, 0) is 24.6 Å². The van der Waals surface area contributed by atoms with Crippen LogP contribution in [0.4, 0.5) is 0 Å². The molecule has 0 saturated carbocycles. The summed E-state index contributed by atoms with van der Waals surface area (Å²) in [5.74, 6) is 0.830. The Kier molecular flexibility index (Phi) is 2.70. The second-order valence-corrected chi connectivity index (χ2v) is 3.32. The summed E-state index contributed by atoms with van der Waals surface area (Å²) in [6, 6.07) is 6.01. The van der Waals surface area contributed by atoms with Crippen LogP contribution in [-0.4, -0.2) is 20.3 Å². The monoisotopic (exact) mass is 194 g/mol. The Morgan fingerprint density at radius 3 is 2.64 bits per heavy atom. The lowest BCUT2D eigenvalue weighted by atomic mass is 10.1. The first-order valence-electron chi connectivity index (χ1n) is 4.69. The number of ether oxygens (including phenoxy) is 3. The van der Waals surface area contributed by atoms with E-state index in [1.54, 1.807) is 7.11 Å². The predicted molar refractivity (Wildman–Crippen MR) is 52.4 cm³/mol. The molecule has 0 radical (unpaired) electrons. The van der Waals surface area contributed by atoms with Crippen LogP contribution in [0.5, 0.6) is 5.75 Å². The van der Waals surface area contributed by atoms with E-state index in [0.717, 1.165) is 11.3 Å². The molecule has 1 aromatic carbocycles. The first-order chi connectivity index (χ1) is 6.81. The van der Waals surface area contributed by atoms with Gasteiger partial charge in [0.15, 0.2) is 6.29 Å². The highest BCUT2D eigenvalue weighted by atomic mass is 16.7. The molecule has 0 aliphatic carbocycles. The van der Waals surface area contributed by atoms with Crippen molar-refractivity contribution < 1.29 is 14.2 Å². The molecule has 0 atom stereocenters. The molecule has 0 N–H and O–H groups in total. The summed E-state index contributed by atoms with van der Waals surface area (Å²) in [6.07, 6.45) is -0.259. The molecule has 76 valence electrons. The van der Waals surface area contributed by atoms with E-state index in [1.807, 2.05) is 25.1 Å². The van der Waals surface area contributed by atoms with Crippen molar-refractivity contribution in [1.82, 2.24) is 0 Å². The maximum atomic E-state index is 5.42. The van der Waals surface area contributed by atoms with Crippen LogP contribution in [0.15, 0.2) is 18.2 Å². The minimum Gasteiger partial charge on any atom is -0.496 e. The third kappa shape index (κ3) is 1.74. The molecule has 0 unspecified atom stereocenters. The zero-order valence-corrected chi connectivity index (χ0v) is 8.45. The van der Waals surface area contributed by atoms with Gasteiger partial charge in [-0.2, -0.15) is 0 Å². The Morgan fingerprint density at radius 1 is 1.29 bits per heavy atom. The van der Waals surface area contributed by atoms with Gasteiger partial charge < -0.3 is 14.2 Å². The molecule has 3 nitrogen and oxygen atoms in total. The van der Waals surface area contributed by atoms with Crippen LogP contribution in [0, 0.1) is 6.92 Å². The van der Waals surface area contributed by atoms with Crippen molar-refractivity contribution >= 4 is 0 Å². The van der Waals surface area contributed by atoms with Crippen molar-refractivity contribution in [2.45, 2.75) is 13.2 Å². The smallest absolute Gasteiger partial charge is 0.187 e. The fourth-order valence-electron chi connectivity index (χ4n) is 1.55. The predicted octanol–water partition coefficient (Wildman–Crippen LogP) is 2.05. The molecule has 0 bridgehead atoms. The molecular weight excluding hydrogens is 180 g/mol. The lowest BCUT2D eigenvalue weighted by Gasteiger charge is -2.13. The molecule has 0 aromatic heterocycles. The Morgan fingerprint density at radius 2 is 2.00 bits per heavy atom. The number of benzene rings is 1. The fraction of sp³-hybridized carbons (Fsp3) is 0.455. The van der Waals surface area contributed by atoms with Gasteiger partial charge in [-0.15, -0.1) is 0 Å². The highest BCUT2D eigenvalue weighted by molar-refractivity contribution is 5.38. The van der Waals surface area contributed by atoms with Crippen LogP contribution >= 0.6 is 0 Å². The molecule has 1 aliphatic heterocycles. The second-order valence-electron chi connectivity index (χ2n) is 3.32. The van der Waals surface area contributed by atoms with E-state index in [-0.39, 0.29) is 6.29 Å². The van der Waals surface area contributed by atoms with Crippen molar-refractivity contribution in [2.75, 3.05) is 20.3 Å². The molecule has 1 saturated heterocycles. The van der Waals surface area contributed by atoms with E-state index in [4.69, 9.17) is 14.2 Å². The van der Waals surface area contributed by atoms with Crippen molar-refractivity contribution in [2.24, 2.45) is 0 Å². The van der Waals surface area contributed by atoms with Gasteiger partial charge in [0, 0.05) is 5.56 Å². The molecule has 0 spiro atoms. The number of methoxy groups -OCH3 is 1. The highest BCUT2D eigenvalue weighted by Crippen LogP contribution is 2.31. The first-order valence-corrected chi connectivity index (χ1v) is 4.69. The van der Waals surface area contributed by atoms with Crippen molar-refractivity contribution in [3.63, 3.8) is 0 Å². The van der Waals surface area contributed by atoms with E-state index in [0.29, 0.717) is 13.2 Å². The van der Waals surface area contributed by atoms with Gasteiger partial charge in [0.25, 0.3) is 0 Å². The summed E-state index contributed by atoms with van der Waals surface area (Å²) in [5.41, 5.74) is 2.14. The van der Waals surface area contributed by atoms with Gasteiger partial charge in [0.1, 0.15) is 5.75 Å². The van der Waals surface area contributed by atoms with Crippen LogP contribution in [0.2, 0.25) is 0 Å². The van der Waals surface area contributed by atoms with Crippen LogP contribution in [0.25, 0.3) is 0 Å². The SMILES string of the molecule is COc1cc(C)ccc1C1OCCO1. The van der Waals surface area contributed by atoms with E-state index in [9.17, 15) is 0 Å². The summed E-state index contributed by atoms with van der Waals surface area (Å²) < 4.78 is 16.1. The average Bonchev–Trinajstić information content (AvgIpc) is 2.70. The largest absolute Gasteiger partial charge is 0.496 e. The van der Waals surface area contributed by atoms with E-state index in [1.165, 1.54) is 5.56 Å². The molecule has 1 fully saturated rings. The van der Waals surface area contributed by atoms with E-state index >= 15 is 0 Å². The fourth-order valence-corrected chi connectivity index (χ4v) is 1.55. The third-order valence-electron chi connectivity index (χ3n) is 2.26. The minimum absolute atomic E-state index is 0.259. The average molecular weight is 194 g/mol. The standard InChI is InChI=1S/C11H14O3/c1-8-3-4-9(10(7-8)12-2)11-13-5-6-14-11/h3-4,7,11H,5-6H2,1-2H3. The first kappa shape index (κ1) is 9.49. The Labute approximate surface area is 83.6 Å². The van der Waals surface area contributed by atoms with Crippen molar-refractivity contribution in [3.8, 4) is 5.75 Å². The molecular formula is C11H14O3. The number of hydrogen-bond acceptors (Lipinski definition) is 3. The van der Waals surface area contributed by atoms with Crippen LogP contribution in [-0.2, 0) is 9.47 Å². The molecule has 1 aliphatic rings. The highest BCUT2D eigenvalue weighted by Gasteiger charge is 2.21. The Balaban J connectivity index is 2.31. The van der Waals surface area contributed by atoms with Crippen LogP contribution < -0.4 is 4.74 Å². The zero-order chi connectivity index (χ0) is 9.97. The summed E-state index contributed by atoms with van der Waals surface area (Å²) in [5, 5.41) is 0. The molecule has 0 amide bonds. The van der Waals surface area contributed by atoms with Crippen molar-refractivity contribution in [1.29, 1.82) is 0 Å². The second kappa shape index (κ2) is 3.98. The number of hydrogen-bond donors (Lipinski definition) is 0. The third-order valence-corrected chi connectivity index (χ3v) is 2.26. The topological polar surface area (TPSA) is 27.7 Å². The van der Waals surface area contributed by atoms with Crippen molar-refractivity contribution in [3.05, 3.63) is 29.3 Å². The van der Waals surface area contributed by atoms with Gasteiger partial charge >= 0.3 is 0 Å². The van der Waals surface area contributed by atoms with E-state index < -0.39 is 0 Å². The van der Waals surface area contributed by atoms with Crippen LogP contribution in [0.1, 0.15) is 17.4 Å². The maximum Gasteiger partial charge on any atom is 0.187 e. The van der Waals surface area contributed by atoms with Gasteiger partial charge in [-0.25, -0.2) is 0 Å². The van der Waals surface area contributed by atoms with Crippen LogP contribution in [0.3, 0.4) is 0 Å². The van der Waals surface area contributed by atoms with Gasteiger partial charge in [0.05, 0.1) is 20.3 Å². The normalized spacial score (nSPS) is 17.3. The summed E-state index contributed by atoms with van der Waals surface area (Å²) in [7, 11) is 1.66. The Bertz CT molecular complexity index is 316. The molecule has 14 heavy (non-hydrogen) atoms. The van der Waals surface area contributed by atoms with Gasteiger partial charge in [-0.1, -0.05) is 6.07 Å². The van der Waals surface area contributed by atoms with Gasteiger partial charge in [-0.3, -0.25) is 0 Å². The minimum atomic E-state index is -0.259. The van der Waals surface area contributed by atoms with Gasteiger partial charge in [0.2, 0.25) is 0 Å². The van der Waals surface area contributed by atoms with E-state index in [2.05, 4.69) is 0 Å². The zero-order valence-electron chi connectivity index (χ0n) is 8.45. The molecule has 3 heteroatoms. The number of aryl methyl sites for hydroxylation is 1. The maximum absolute atomic E-state index is 5.42. The lowest BCUT2D eigenvalue weighted by molar-refractivity contribution is -0.0454. The number of rotatable bonds is 2. The molecule has 2 rings (SSSR count). The summed E-state index contributed by atoms with van der Waals surface area (Å²) in [6.45, 7) is 3.34. The molecule has 1 heterocycles. The lowest BCUT2D eigenvalue weighted by Crippen LogP contribution is -2.01. The summed E-state index contributed by atoms with van der Waals surface area (Å²) in [4.78, 5) is 0. The summed E-state index contributed by atoms with van der Waals surface area (Å²) >= 11 is 0. The quantitative estimate of drug-likeness (QED) is 0.721.